The molecule has 1 aromatic rings. The topological polar surface area (TPSA) is 52.0 Å². The van der Waals surface area contributed by atoms with E-state index in [1.54, 1.807) is 0 Å². The lowest BCUT2D eigenvalue weighted by atomic mass is 10.2. The summed E-state index contributed by atoms with van der Waals surface area (Å²) < 4.78 is 0. The van der Waals surface area contributed by atoms with E-state index in [9.17, 15) is 0 Å². The fourth-order valence-corrected chi connectivity index (χ4v) is 1.61. The molecule has 0 atom stereocenters. The summed E-state index contributed by atoms with van der Waals surface area (Å²) in [5.74, 6) is 1.09. The zero-order valence-electron chi connectivity index (χ0n) is 7.16. The van der Waals surface area contributed by atoms with Crippen LogP contribution in [0.15, 0.2) is 29.2 Å². The van der Waals surface area contributed by atoms with Crippen LogP contribution < -0.4 is 11.5 Å². The Kier molecular flexibility index (Phi) is 3.59. The largest absolute Gasteiger partial charge is 0.312 e. The molecular weight excluding hydrogens is 168 g/mol. The maximum absolute atomic E-state index is 5.51. The molecule has 0 spiro atoms. The summed E-state index contributed by atoms with van der Waals surface area (Å²) in [6.45, 7) is 2.13. The average Bonchev–Trinajstić information content (AvgIpc) is 2.06. The van der Waals surface area contributed by atoms with E-state index in [4.69, 9.17) is 11.5 Å². The molecule has 0 amide bonds. The predicted molar refractivity (Wildman–Crippen MR) is 54.0 cm³/mol. The number of hydrogen-bond donors (Lipinski definition) is 2. The molecule has 12 heavy (non-hydrogen) atoms. The molecule has 3 heteroatoms. The van der Waals surface area contributed by atoms with Crippen LogP contribution in [0.25, 0.3) is 0 Å². The van der Waals surface area contributed by atoms with Gasteiger partial charge in [-0.3, -0.25) is 0 Å². The summed E-state index contributed by atoms with van der Waals surface area (Å²) in [5.41, 5.74) is 12.0. The van der Waals surface area contributed by atoms with Crippen LogP contribution in [0.3, 0.4) is 0 Å². The van der Waals surface area contributed by atoms with Crippen molar-refractivity contribution >= 4 is 11.8 Å². The van der Waals surface area contributed by atoms with Crippen molar-refractivity contribution in [3.8, 4) is 0 Å². The van der Waals surface area contributed by atoms with E-state index in [0.717, 1.165) is 11.3 Å². The van der Waals surface area contributed by atoms with Gasteiger partial charge in [-0.2, -0.15) is 0 Å². The fraction of sp³-hybridized carbons (Fsp3) is 0.333. The molecule has 0 saturated carbocycles. The van der Waals surface area contributed by atoms with Crippen molar-refractivity contribution in [2.24, 2.45) is 11.5 Å². The first-order valence-corrected chi connectivity index (χ1v) is 4.96. The third-order valence-corrected chi connectivity index (χ3v) is 2.47. The second kappa shape index (κ2) is 4.50. The van der Waals surface area contributed by atoms with Gasteiger partial charge in [-0.1, -0.05) is 19.1 Å². The summed E-state index contributed by atoms with van der Waals surface area (Å²) in [5, 5.41) is 0. The Hall–Kier alpha value is -0.510. The van der Waals surface area contributed by atoms with Crippen LogP contribution in [0.5, 0.6) is 0 Å². The summed E-state index contributed by atoms with van der Waals surface area (Å²) >= 11 is 1.81. The van der Waals surface area contributed by atoms with Gasteiger partial charge in [0.05, 0.1) is 6.17 Å². The Morgan fingerprint density at radius 3 is 2.25 bits per heavy atom. The highest BCUT2D eigenvalue weighted by Crippen LogP contribution is 2.18. The van der Waals surface area contributed by atoms with Gasteiger partial charge in [-0.15, -0.1) is 11.8 Å². The third kappa shape index (κ3) is 2.52. The van der Waals surface area contributed by atoms with Crippen molar-refractivity contribution in [1.82, 2.24) is 0 Å². The lowest BCUT2D eigenvalue weighted by Crippen LogP contribution is -2.19. The van der Waals surface area contributed by atoms with Gasteiger partial charge < -0.3 is 11.5 Å². The van der Waals surface area contributed by atoms with Crippen LogP contribution in [0.1, 0.15) is 18.7 Å². The number of thioether (sulfide) groups is 1. The molecule has 0 saturated heterocycles. The molecular formula is C9H14N2S. The molecule has 0 aromatic heterocycles. The smallest absolute Gasteiger partial charge is 0.0784 e. The summed E-state index contributed by atoms with van der Waals surface area (Å²) in [6, 6.07) is 8.05. The SMILES string of the molecule is CCSc1ccc(C(N)N)cc1. The second-order valence-electron chi connectivity index (χ2n) is 2.53. The Balaban J connectivity index is 2.71. The number of benzene rings is 1. The molecule has 0 fully saturated rings. The highest BCUT2D eigenvalue weighted by molar-refractivity contribution is 7.99. The second-order valence-corrected chi connectivity index (χ2v) is 3.87. The lowest BCUT2D eigenvalue weighted by molar-refractivity contribution is 0.773. The van der Waals surface area contributed by atoms with Gasteiger partial charge in [0.1, 0.15) is 0 Å². The van der Waals surface area contributed by atoms with Crippen LogP contribution in [-0.2, 0) is 0 Å². The van der Waals surface area contributed by atoms with Gasteiger partial charge in [0.15, 0.2) is 0 Å². The lowest BCUT2D eigenvalue weighted by Gasteiger charge is -2.05. The molecule has 0 aliphatic rings. The van der Waals surface area contributed by atoms with E-state index in [-0.39, 0.29) is 6.17 Å². The van der Waals surface area contributed by atoms with E-state index < -0.39 is 0 Å². The zero-order valence-corrected chi connectivity index (χ0v) is 7.97. The Morgan fingerprint density at radius 1 is 1.25 bits per heavy atom. The molecule has 0 unspecified atom stereocenters. The Bertz CT molecular complexity index is 231. The van der Waals surface area contributed by atoms with E-state index in [1.807, 2.05) is 23.9 Å². The summed E-state index contributed by atoms with van der Waals surface area (Å²) in [6.07, 6.45) is -0.356. The van der Waals surface area contributed by atoms with Gasteiger partial charge in [0.25, 0.3) is 0 Å². The first-order chi connectivity index (χ1) is 5.74. The quantitative estimate of drug-likeness (QED) is 0.553. The van der Waals surface area contributed by atoms with Gasteiger partial charge in [0.2, 0.25) is 0 Å². The van der Waals surface area contributed by atoms with E-state index >= 15 is 0 Å². The molecule has 1 rings (SSSR count). The highest BCUT2D eigenvalue weighted by atomic mass is 32.2. The molecule has 0 heterocycles. The summed E-state index contributed by atoms with van der Waals surface area (Å²) in [4.78, 5) is 1.27. The van der Waals surface area contributed by atoms with Gasteiger partial charge in [0, 0.05) is 4.90 Å². The van der Waals surface area contributed by atoms with Crippen molar-refractivity contribution in [2.75, 3.05) is 5.75 Å². The molecule has 0 aliphatic carbocycles. The Morgan fingerprint density at radius 2 is 1.83 bits per heavy atom. The van der Waals surface area contributed by atoms with Gasteiger partial charge in [-0.05, 0) is 23.4 Å². The Labute approximate surface area is 77.3 Å². The van der Waals surface area contributed by atoms with Crippen LogP contribution in [0.2, 0.25) is 0 Å². The zero-order chi connectivity index (χ0) is 8.97. The molecule has 0 radical (unpaired) electrons. The van der Waals surface area contributed by atoms with E-state index in [2.05, 4.69) is 19.1 Å². The molecule has 4 N–H and O–H groups in total. The van der Waals surface area contributed by atoms with Crippen molar-refractivity contribution in [3.63, 3.8) is 0 Å². The third-order valence-electron chi connectivity index (χ3n) is 1.58. The van der Waals surface area contributed by atoms with E-state index in [1.165, 1.54) is 4.90 Å². The number of rotatable bonds is 3. The van der Waals surface area contributed by atoms with Crippen LogP contribution in [0.4, 0.5) is 0 Å². The van der Waals surface area contributed by atoms with Gasteiger partial charge in [-0.25, -0.2) is 0 Å². The number of nitrogens with two attached hydrogens (primary N) is 2. The average molecular weight is 182 g/mol. The molecule has 0 bridgehead atoms. The predicted octanol–water partition coefficient (Wildman–Crippen LogP) is 1.71. The van der Waals surface area contributed by atoms with Crippen molar-refractivity contribution < 1.29 is 0 Å². The van der Waals surface area contributed by atoms with E-state index in [0.29, 0.717) is 0 Å². The van der Waals surface area contributed by atoms with Gasteiger partial charge >= 0.3 is 0 Å². The number of hydrogen-bond acceptors (Lipinski definition) is 3. The van der Waals surface area contributed by atoms with Crippen LogP contribution in [0, 0.1) is 0 Å². The molecule has 2 nitrogen and oxygen atoms in total. The maximum atomic E-state index is 5.51. The standard InChI is InChI=1S/C9H14N2S/c1-2-12-8-5-3-7(4-6-8)9(10)11/h3-6,9H,2,10-11H2,1H3. The highest BCUT2D eigenvalue weighted by Gasteiger charge is 1.98. The minimum absolute atomic E-state index is 0.356. The summed E-state index contributed by atoms with van der Waals surface area (Å²) in [7, 11) is 0. The normalized spacial score (nSPS) is 10.7. The van der Waals surface area contributed by atoms with Crippen LogP contribution >= 0.6 is 11.8 Å². The maximum Gasteiger partial charge on any atom is 0.0784 e. The van der Waals surface area contributed by atoms with Crippen molar-refractivity contribution in [2.45, 2.75) is 18.0 Å². The monoisotopic (exact) mass is 182 g/mol. The first-order valence-electron chi connectivity index (χ1n) is 3.98. The van der Waals surface area contributed by atoms with Crippen LogP contribution in [-0.4, -0.2) is 5.75 Å². The van der Waals surface area contributed by atoms with Crippen molar-refractivity contribution in [3.05, 3.63) is 29.8 Å². The minimum atomic E-state index is -0.356. The molecule has 66 valence electrons. The first kappa shape index (κ1) is 9.58. The fourth-order valence-electron chi connectivity index (χ4n) is 0.953. The molecule has 0 aliphatic heterocycles. The van der Waals surface area contributed by atoms with Crippen molar-refractivity contribution in [1.29, 1.82) is 0 Å². The minimum Gasteiger partial charge on any atom is -0.312 e. The molecule has 1 aromatic carbocycles.